The van der Waals surface area contributed by atoms with Crippen molar-refractivity contribution in [1.29, 1.82) is 0 Å². The fourth-order valence-corrected chi connectivity index (χ4v) is 2.11. The van der Waals surface area contributed by atoms with Gasteiger partial charge in [-0.2, -0.15) is 11.8 Å². The minimum atomic E-state index is -0.384. The van der Waals surface area contributed by atoms with Crippen LogP contribution in [-0.2, 0) is 5.75 Å². The second kappa shape index (κ2) is 5.82. The Morgan fingerprint density at radius 3 is 3.00 bits per heavy atom. The fraction of sp³-hybridized carbons (Fsp3) is 0.500. The zero-order valence-corrected chi connectivity index (χ0v) is 9.82. The molecule has 0 aliphatic heterocycles. The molecule has 5 heteroatoms. The number of thioether (sulfide) groups is 1. The van der Waals surface area contributed by atoms with E-state index in [0.717, 1.165) is 29.3 Å². The Morgan fingerprint density at radius 2 is 2.40 bits per heavy atom. The Labute approximate surface area is 93.6 Å². The van der Waals surface area contributed by atoms with Crippen molar-refractivity contribution in [2.75, 3.05) is 5.75 Å². The quantitative estimate of drug-likeness (QED) is 0.349. The van der Waals surface area contributed by atoms with Crippen molar-refractivity contribution in [1.82, 2.24) is 5.43 Å². The average molecular weight is 228 g/mol. The van der Waals surface area contributed by atoms with Gasteiger partial charge in [-0.15, -0.1) is 0 Å². The summed E-state index contributed by atoms with van der Waals surface area (Å²) in [6.45, 7) is 4.00. The van der Waals surface area contributed by atoms with E-state index in [9.17, 15) is 4.79 Å². The van der Waals surface area contributed by atoms with E-state index >= 15 is 0 Å². The van der Waals surface area contributed by atoms with Gasteiger partial charge >= 0.3 is 5.91 Å². The molecule has 4 nitrogen and oxygen atoms in total. The van der Waals surface area contributed by atoms with E-state index in [1.54, 1.807) is 6.07 Å². The van der Waals surface area contributed by atoms with Gasteiger partial charge in [-0.05, 0) is 25.2 Å². The number of nitrogens with two attached hydrogens (primary N) is 1. The molecule has 0 bridgehead atoms. The summed E-state index contributed by atoms with van der Waals surface area (Å²) < 4.78 is 5.29. The highest BCUT2D eigenvalue weighted by Crippen LogP contribution is 2.20. The van der Waals surface area contributed by atoms with Crippen LogP contribution in [0.3, 0.4) is 0 Å². The second-order valence-corrected chi connectivity index (χ2v) is 4.32. The van der Waals surface area contributed by atoms with Gasteiger partial charge in [0.25, 0.3) is 0 Å². The molecule has 3 N–H and O–H groups in total. The zero-order valence-electron chi connectivity index (χ0n) is 9.00. The molecule has 1 aromatic rings. The smallest absolute Gasteiger partial charge is 0.300 e. The van der Waals surface area contributed by atoms with Gasteiger partial charge in [0, 0.05) is 11.3 Å². The molecule has 1 amide bonds. The standard InChI is InChI=1S/C10H16N2O2S/c1-3-4-15-6-8-5-9(10(13)12-11)14-7(8)2/h5H,3-4,6,11H2,1-2H3,(H,12,13). The van der Waals surface area contributed by atoms with E-state index in [4.69, 9.17) is 10.3 Å². The van der Waals surface area contributed by atoms with Crippen LogP contribution in [-0.4, -0.2) is 11.7 Å². The molecule has 1 rings (SSSR count). The van der Waals surface area contributed by atoms with Crippen molar-refractivity contribution in [2.24, 2.45) is 5.84 Å². The van der Waals surface area contributed by atoms with Crippen LogP contribution in [0, 0.1) is 6.92 Å². The maximum absolute atomic E-state index is 11.2. The topological polar surface area (TPSA) is 68.3 Å². The van der Waals surface area contributed by atoms with Crippen molar-refractivity contribution in [3.05, 3.63) is 23.2 Å². The molecule has 0 aliphatic carbocycles. The molecule has 0 unspecified atom stereocenters. The third-order valence-electron chi connectivity index (χ3n) is 1.98. The summed E-state index contributed by atoms with van der Waals surface area (Å²) in [4.78, 5) is 11.2. The van der Waals surface area contributed by atoms with Gasteiger partial charge in [-0.25, -0.2) is 5.84 Å². The lowest BCUT2D eigenvalue weighted by molar-refractivity contribution is 0.0924. The van der Waals surface area contributed by atoms with Gasteiger partial charge in [0.2, 0.25) is 0 Å². The van der Waals surface area contributed by atoms with E-state index in [1.807, 2.05) is 24.1 Å². The predicted molar refractivity (Wildman–Crippen MR) is 61.6 cm³/mol. The summed E-state index contributed by atoms with van der Waals surface area (Å²) >= 11 is 1.83. The van der Waals surface area contributed by atoms with Gasteiger partial charge < -0.3 is 4.42 Å². The number of hydrogen-bond acceptors (Lipinski definition) is 4. The summed E-state index contributed by atoms with van der Waals surface area (Å²) in [5, 5.41) is 0. The first kappa shape index (κ1) is 12.1. The molecule has 0 aliphatic rings. The highest BCUT2D eigenvalue weighted by molar-refractivity contribution is 7.98. The van der Waals surface area contributed by atoms with Gasteiger partial charge in [0.15, 0.2) is 5.76 Å². The Bertz CT molecular complexity index is 336. The fourth-order valence-electron chi connectivity index (χ4n) is 1.17. The van der Waals surface area contributed by atoms with Crippen molar-refractivity contribution < 1.29 is 9.21 Å². The lowest BCUT2D eigenvalue weighted by Gasteiger charge is -1.96. The molecule has 0 aromatic carbocycles. The van der Waals surface area contributed by atoms with E-state index < -0.39 is 0 Å². The molecule has 1 aromatic heterocycles. The van der Waals surface area contributed by atoms with Gasteiger partial charge in [-0.3, -0.25) is 10.2 Å². The normalized spacial score (nSPS) is 10.3. The molecular weight excluding hydrogens is 212 g/mol. The van der Waals surface area contributed by atoms with Crippen LogP contribution in [0.1, 0.15) is 35.2 Å². The first-order valence-corrected chi connectivity index (χ1v) is 6.02. The monoisotopic (exact) mass is 228 g/mol. The molecule has 0 radical (unpaired) electrons. The molecule has 0 atom stereocenters. The number of hydrogen-bond donors (Lipinski definition) is 2. The van der Waals surface area contributed by atoms with Crippen molar-refractivity contribution >= 4 is 17.7 Å². The number of nitrogen functional groups attached to an aromatic ring is 1. The molecule has 0 saturated carbocycles. The molecule has 15 heavy (non-hydrogen) atoms. The van der Waals surface area contributed by atoms with Gasteiger partial charge in [0.05, 0.1) is 0 Å². The maximum atomic E-state index is 11.2. The molecule has 0 fully saturated rings. The van der Waals surface area contributed by atoms with Crippen LogP contribution in [0.5, 0.6) is 0 Å². The van der Waals surface area contributed by atoms with Crippen LogP contribution < -0.4 is 11.3 Å². The zero-order chi connectivity index (χ0) is 11.3. The summed E-state index contributed by atoms with van der Waals surface area (Å²) in [6, 6.07) is 1.75. The van der Waals surface area contributed by atoms with Crippen molar-refractivity contribution in [3.8, 4) is 0 Å². The largest absolute Gasteiger partial charge is 0.456 e. The Balaban J connectivity index is 2.64. The first-order valence-electron chi connectivity index (χ1n) is 4.87. The maximum Gasteiger partial charge on any atom is 0.300 e. The number of furan rings is 1. The van der Waals surface area contributed by atoms with E-state index in [-0.39, 0.29) is 11.7 Å². The Morgan fingerprint density at radius 1 is 1.67 bits per heavy atom. The van der Waals surface area contributed by atoms with Crippen LogP contribution in [0.2, 0.25) is 0 Å². The lowest BCUT2D eigenvalue weighted by atomic mass is 10.3. The van der Waals surface area contributed by atoms with E-state index in [2.05, 4.69) is 6.92 Å². The van der Waals surface area contributed by atoms with Crippen LogP contribution >= 0.6 is 11.8 Å². The Hall–Kier alpha value is -0.940. The lowest BCUT2D eigenvalue weighted by Crippen LogP contribution is -2.29. The van der Waals surface area contributed by atoms with Crippen LogP contribution in [0.4, 0.5) is 0 Å². The van der Waals surface area contributed by atoms with Crippen LogP contribution in [0.25, 0.3) is 0 Å². The minimum Gasteiger partial charge on any atom is -0.456 e. The molecule has 84 valence electrons. The van der Waals surface area contributed by atoms with Crippen molar-refractivity contribution in [3.63, 3.8) is 0 Å². The first-order chi connectivity index (χ1) is 7.19. The van der Waals surface area contributed by atoms with Crippen molar-refractivity contribution in [2.45, 2.75) is 26.0 Å². The van der Waals surface area contributed by atoms with Crippen LogP contribution in [0.15, 0.2) is 10.5 Å². The summed E-state index contributed by atoms with van der Waals surface area (Å²) in [5.74, 6) is 7.69. The number of amides is 1. The Kier molecular flexibility index (Phi) is 4.71. The molecular formula is C10H16N2O2S. The van der Waals surface area contributed by atoms with Gasteiger partial charge in [0.1, 0.15) is 5.76 Å². The number of nitrogens with one attached hydrogen (secondary N) is 1. The SMILES string of the molecule is CCCSCc1cc(C(=O)NN)oc1C. The number of hydrazine groups is 1. The molecule has 1 heterocycles. The highest BCUT2D eigenvalue weighted by Gasteiger charge is 2.12. The number of carbonyl (C=O) groups is 1. The molecule has 0 saturated heterocycles. The highest BCUT2D eigenvalue weighted by atomic mass is 32.2. The van der Waals surface area contributed by atoms with Gasteiger partial charge in [-0.1, -0.05) is 6.92 Å². The minimum absolute atomic E-state index is 0.280. The molecule has 0 spiro atoms. The number of carbonyl (C=O) groups excluding carboxylic acids is 1. The summed E-state index contributed by atoms with van der Waals surface area (Å²) in [6.07, 6.45) is 1.15. The summed E-state index contributed by atoms with van der Waals surface area (Å²) in [7, 11) is 0. The number of rotatable bonds is 5. The second-order valence-electron chi connectivity index (χ2n) is 3.22. The predicted octanol–water partition coefficient (Wildman–Crippen LogP) is 1.83. The summed E-state index contributed by atoms with van der Waals surface area (Å²) in [5.41, 5.74) is 3.11. The third-order valence-corrected chi connectivity index (χ3v) is 3.19. The third kappa shape index (κ3) is 3.28. The van der Waals surface area contributed by atoms with E-state index in [0.29, 0.717) is 0 Å². The average Bonchev–Trinajstić information content (AvgIpc) is 2.60. The van der Waals surface area contributed by atoms with E-state index in [1.165, 1.54) is 0 Å². The number of aryl methyl sites for hydroxylation is 1.